The third-order valence-corrected chi connectivity index (χ3v) is 4.32. The Morgan fingerprint density at radius 3 is 2.83 bits per heavy atom. The largest absolute Gasteiger partial charge is 0.486 e. The van der Waals surface area contributed by atoms with Crippen molar-refractivity contribution in [3.8, 4) is 11.5 Å². The van der Waals surface area contributed by atoms with Crippen molar-refractivity contribution in [1.82, 2.24) is 14.9 Å². The van der Waals surface area contributed by atoms with Gasteiger partial charge in [-0.2, -0.15) is 0 Å². The summed E-state index contributed by atoms with van der Waals surface area (Å²) >= 11 is 7.43. The molecule has 1 aliphatic rings. The van der Waals surface area contributed by atoms with E-state index >= 15 is 0 Å². The van der Waals surface area contributed by atoms with Crippen molar-refractivity contribution in [3.05, 3.63) is 40.7 Å². The predicted octanol–water partition coefficient (Wildman–Crippen LogP) is 2.90. The van der Waals surface area contributed by atoms with E-state index in [1.807, 2.05) is 24.5 Å². The van der Waals surface area contributed by atoms with Crippen molar-refractivity contribution in [3.63, 3.8) is 0 Å². The number of halogens is 1. The predicted molar refractivity (Wildman–Crippen MR) is 92.1 cm³/mol. The number of carbonyl (C=O) groups is 1. The first-order chi connectivity index (χ1) is 11.6. The Bertz CT molecular complexity index is 772. The number of thioether (sulfide) groups is 1. The first-order valence-corrected chi connectivity index (χ1v) is 8.89. The molecule has 6 nitrogen and oxygen atoms in total. The molecule has 1 aromatic carbocycles. The summed E-state index contributed by atoms with van der Waals surface area (Å²) in [6.07, 6.45) is 3.29. The maximum atomic E-state index is 12.6. The summed E-state index contributed by atoms with van der Waals surface area (Å²) in [6.45, 7) is 1.48. The Morgan fingerprint density at radius 1 is 1.33 bits per heavy atom. The normalized spacial score (nSPS) is 12.8. The molecule has 3 rings (SSSR count). The van der Waals surface area contributed by atoms with Crippen LogP contribution in [0.3, 0.4) is 0 Å². The van der Waals surface area contributed by atoms with Gasteiger partial charge in [0, 0.05) is 13.6 Å². The molecule has 0 saturated heterocycles. The Balaban J connectivity index is 1.77. The maximum Gasteiger partial charge on any atom is 0.274 e. The number of amides is 1. The lowest BCUT2D eigenvalue weighted by molar-refractivity contribution is 0.0778. The number of ether oxygens (including phenoxy) is 2. The Morgan fingerprint density at radius 2 is 2.08 bits per heavy atom. The van der Waals surface area contributed by atoms with Crippen molar-refractivity contribution in [2.75, 3.05) is 26.5 Å². The smallest absolute Gasteiger partial charge is 0.274 e. The number of rotatable bonds is 4. The highest BCUT2D eigenvalue weighted by atomic mass is 35.5. The van der Waals surface area contributed by atoms with Crippen LogP contribution in [0, 0.1) is 0 Å². The molecule has 1 aliphatic heterocycles. The van der Waals surface area contributed by atoms with Crippen LogP contribution in [0.25, 0.3) is 0 Å². The van der Waals surface area contributed by atoms with Gasteiger partial charge in [-0.15, -0.1) is 0 Å². The quantitative estimate of drug-likeness (QED) is 0.613. The van der Waals surface area contributed by atoms with Crippen LogP contribution in [0.1, 0.15) is 16.1 Å². The van der Waals surface area contributed by atoms with Gasteiger partial charge in [-0.05, 0) is 24.0 Å². The van der Waals surface area contributed by atoms with Crippen molar-refractivity contribution < 1.29 is 14.3 Å². The van der Waals surface area contributed by atoms with Gasteiger partial charge in [-0.3, -0.25) is 4.79 Å². The van der Waals surface area contributed by atoms with Gasteiger partial charge < -0.3 is 14.4 Å². The molecule has 0 unspecified atom stereocenters. The van der Waals surface area contributed by atoms with Crippen LogP contribution >= 0.6 is 23.4 Å². The highest BCUT2D eigenvalue weighted by Crippen LogP contribution is 2.31. The van der Waals surface area contributed by atoms with Gasteiger partial charge in [0.05, 0.1) is 11.2 Å². The molecule has 8 heteroatoms. The molecule has 0 bridgehead atoms. The molecular weight excluding hydrogens is 350 g/mol. The van der Waals surface area contributed by atoms with E-state index in [1.165, 1.54) is 18.0 Å². The molecule has 0 saturated carbocycles. The molecule has 0 N–H and O–H groups in total. The standard InChI is InChI=1S/C16H16ClN3O3S/c1-20(15(21)14-11(17)8-18-16(19-14)24-2)9-10-3-4-12-13(7-10)23-6-5-22-12/h3-4,7-8H,5-6,9H2,1-2H3. The lowest BCUT2D eigenvalue weighted by Crippen LogP contribution is -2.27. The van der Waals surface area contributed by atoms with E-state index in [-0.39, 0.29) is 16.6 Å². The number of aromatic nitrogens is 2. The summed E-state index contributed by atoms with van der Waals surface area (Å²) in [5.41, 5.74) is 1.14. The maximum absolute atomic E-state index is 12.6. The summed E-state index contributed by atoms with van der Waals surface area (Å²) in [6, 6.07) is 5.64. The van der Waals surface area contributed by atoms with Crippen LogP contribution in [0.4, 0.5) is 0 Å². The fourth-order valence-corrected chi connectivity index (χ4v) is 2.82. The Labute approximate surface area is 149 Å². The lowest BCUT2D eigenvalue weighted by Gasteiger charge is -2.21. The highest BCUT2D eigenvalue weighted by Gasteiger charge is 2.19. The van der Waals surface area contributed by atoms with Crippen LogP contribution in [0.2, 0.25) is 5.02 Å². The molecule has 2 aromatic rings. The first-order valence-electron chi connectivity index (χ1n) is 7.29. The van der Waals surface area contributed by atoms with Gasteiger partial charge >= 0.3 is 0 Å². The number of carbonyl (C=O) groups excluding carboxylic acids is 1. The fourth-order valence-electron chi connectivity index (χ4n) is 2.31. The third-order valence-electron chi connectivity index (χ3n) is 3.48. The van der Waals surface area contributed by atoms with Crippen molar-refractivity contribution in [2.24, 2.45) is 0 Å². The molecule has 1 amide bonds. The van der Waals surface area contributed by atoms with Crippen LogP contribution in [-0.2, 0) is 6.54 Å². The fraction of sp³-hybridized carbons (Fsp3) is 0.312. The van der Waals surface area contributed by atoms with Gasteiger partial charge in [-0.25, -0.2) is 9.97 Å². The second kappa shape index (κ2) is 7.27. The number of hydrogen-bond donors (Lipinski definition) is 0. The number of nitrogens with zero attached hydrogens (tertiary/aromatic N) is 3. The SMILES string of the molecule is CSc1ncc(Cl)c(C(=O)N(C)Cc2ccc3c(c2)OCCO3)n1. The average molecular weight is 366 g/mol. The van der Waals surface area contributed by atoms with Crippen molar-refractivity contribution in [1.29, 1.82) is 0 Å². The first kappa shape index (κ1) is 16.9. The monoisotopic (exact) mass is 365 g/mol. The van der Waals surface area contributed by atoms with Gasteiger partial charge in [-0.1, -0.05) is 29.4 Å². The van der Waals surface area contributed by atoms with Crippen molar-refractivity contribution in [2.45, 2.75) is 11.7 Å². The van der Waals surface area contributed by atoms with Crippen molar-refractivity contribution >= 4 is 29.3 Å². The van der Waals surface area contributed by atoms with Gasteiger partial charge in [0.1, 0.15) is 13.2 Å². The van der Waals surface area contributed by atoms with E-state index in [4.69, 9.17) is 21.1 Å². The Hall–Kier alpha value is -1.99. The minimum Gasteiger partial charge on any atom is -0.486 e. The topological polar surface area (TPSA) is 64.6 Å². The van der Waals surface area contributed by atoms with Crippen LogP contribution in [0.15, 0.2) is 29.6 Å². The minimum atomic E-state index is -0.257. The van der Waals surface area contributed by atoms with E-state index < -0.39 is 0 Å². The highest BCUT2D eigenvalue weighted by molar-refractivity contribution is 7.98. The number of benzene rings is 1. The summed E-state index contributed by atoms with van der Waals surface area (Å²) in [7, 11) is 1.70. The molecular formula is C16H16ClN3O3S. The van der Waals surface area contributed by atoms with E-state index in [0.29, 0.717) is 30.7 Å². The second-order valence-corrected chi connectivity index (χ2v) is 6.37. The third kappa shape index (κ3) is 3.57. The summed E-state index contributed by atoms with van der Waals surface area (Å²) < 4.78 is 11.1. The van der Waals surface area contributed by atoms with Gasteiger partial charge in [0.15, 0.2) is 22.3 Å². The van der Waals surface area contributed by atoms with Gasteiger partial charge in [0.25, 0.3) is 5.91 Å². The summed E-state index contributed by atoms with van der Waals surface area (Å²) in [4.78, 5) is 22.4. The van der Waals surface area contributed by atoms with E-state index in [2.05, 4.69) is 9.97 Å². The van der Waals surface area contributed by atoms with E-state index in [9.17, 15) is 4.79 Å². The van der Waals surface area contributed by atoms with Crippen LogP contribution < -0.4 is 9.47 Å². The zero-order chi connectivity index (χ0) is 17.1. The van der Waals surface area contributed by atoms with Crippen LogP contribution in [0.5, 0.6) is 11.5 Å². The van der Waals surface area contributed by atoms with E-state index in [0.717, 1.165) is 11.3 Å². The molecule has 0 fully saturated rings. The molecule has 126 valence electrons. The lowest BCUT2D eigenvalue weighted by atomic mass is 10.2. The minimum absolute atomic E-state index is 0.205. The second-order valence-electron chi connectivity index (χ2n) is 5.19. The zero-order valence-electron chi connectivity index (χ0n) is 13.3. The molecule has 0 radical (unpaired) electrons. The Kier molecular flexibility index (Phi) is 5.11. The number of fused-ring (bicyclic) bond motifs is 1. The summed E-state index contributed by atoms with van der Waals surface area (Å²) in [5, 5.41) is 0.752. The number of hydrogen-bond acceptors (Lipinski definition) is 6. The molecule has 0 spiro atoms. The van der Waals surface area contributed by atoms with Crippen LogP contribution in [-0.4, -0.2) is 47.3 Å². The van der Waals surface area contributed by atoms with Gasteiger partial charge in [0.2, 0.25) is 0 Å². The zero-order valence-corrected chi connectivity index (χ0v) is 14.9. The molecule has 0 atom stereocenters. The summed E-state index contributed by atoms with van der Waals surface area (Å²) in [5.74, 6) is 1.17. The molecule has 1 aromatic heterocycles. The molecule has 24 heavy (non-hydrogen) atoms. The average Bonchev–Trinajstić information content (AvgIpc) is 2.61. The van der Waals surface area contributed by atoms with E-state index in [1.54, 1.807) is 11.9 Å². The molecule has 0 aliphatic carbocycles. The molecule has 2 heterocycles.